The number of nitrogens with zero attached hydrogens (tertiary/aromatic N) is 1. The van der Waals surface area contributed by atoms with E-state index in [0.29, 0.717) is 0 Å². The SMILES string of the molecule is Cc1ccc(N2CCCC2(C)C)c(C=O)c1. The lowest BCUT2D eigenvalue weighted by Gasteiger charge is -2.34. The van der Waals surface area contributed by atoms with Crippen molar-refractivity contribution < 1.29 is 4.79 Å². The van der Waals surface area contributed by atoms with Crippen LogP contribution in [0.5, 0.6) is 0 Å². The molecule has 0 bridgehead atoms. The van der Waals surface area contributed by atoms with Crippen LogP contribution in [-0.4, -0.2) is 18.4 Å². The largest absolute Gasteiger partial charge is 0.366 e. The molecule has 1 aromatic rings. The van der Waals surface area contributed by atoms with Crippen molar-refractivity contribution >= 4 is 12.0 Å². The summed E-state index contributed by atoms with van der Waals surface area (Å²) in [5, 5.41) is 0. The normalized spacial score (nSPS) is 18.8. The van der Waals surface area contributed by atoms with E-state index in [1.807, 2.05) is 13.0 Å². The second kappa shape index (κ2) is 3.93. The van der Waals surface area contributed by atoms with Crippen LogP contribution in [0.2, 0.25) is 0 Å². The van der Waals surface area contributed by atoms with E-state index in [-0.39, 0.29) is 5.54 Å². The fourth-order valence-electron chi connectivity index (χ4n) is 2.57. The molecule has 0 aliphatic carbocycles. The number of aryl methyl sites for hydroxylation is 1. The molecule has 1 heterocycles. The molecule has 0 aromatic heterocycles. The summed E-state index contributed by atoms with van der Waals surface area (Å²) < 4.78 is 0. The van der Waals surface area contributed by atoms with E-state index in [0.717, 1.165) is 29.6 Å². The molecule has 1 fully saturated rings. The van der Waals surface area contributed by atoms with Gasteiger partial charge < -0.3 is 4.90 Å². The average Bonchev–Trinajstić information content (AvgIpc) is 2.58. The van der Waals surface area contributed by atoms with Gasteiger partial charge in [0.2, 0.25) is 0 Å². The molecule has 16 heavy (non-hydrogen) atoms. The third-order valence-electron chi connectivity index (χ3n) is 3.50. The molecule has 0 unspecified atom stereocenters. The van der Waals surface area contributed by atoms with Crippen LogP contribution in [-0.2, 0) is 0 Å². The molecule has 86 valence electrons. The number of hydrogen-bond donors (Lipinski definition) is 0. The Kier molecular flexibility index (Phi) is 2.75. The molecule has 0 atom stereocenters. The fraction of sp³-hybridized carbons (Fsp3) is 0.500. The molecule has 0 amide bonds. The molecule has 0 N–H and O–H groups in total. The molecule has 1 aliphatic heterocycles. The summed E-state index contributed by atoms with van der Waals surface area (Å²) in [6.45, 7) is 7.56. The third kappa shape index (κ3) is 1.84. The van der Waals surface area contributed by atoms with Crippen LogP contribution in [0.4, 0.5) is 5.69 Å². The van der Waals surface area contributed by atoms with Crippen molar-refractivity contribution in [3.05, 3.63) is 29.3 Å². The molecule has 2 nitrogen and oxygen atoms in total. The first kappa shape index (κ1) is 11.2. The van der Waals surface area contributed by atoms with Gasteiger partial charge >= 0.3 is 0 Å². The predicted octanol–water partition coefficient (Wildman–Crippen LogP) is 3.19. The van der Waals surface area contributed by atoms with Gasteiger partial charge in [-0.1, -0.05) is 11.6 Å². The topological polar surface area (TPSA) is 20.3 Å². The summed E-state index contributed by atoms with van der Waals surface area (Å²) in [6, 6.07) is 6.12. The minimum atomic E-state index is 0.174. The van der Waals surface area contributed by atoms with E-state index >= 15 is 0 Å². The summed E-state index contributed by atoms with van der Waals surface area (Å²) in [5.74, 6) is 0. The van der Waals surface area contributed by atoms with Crippen molar-refractivity contribution in [3.8, 4) is 0 Å². The van der Waals surface area contributed by atoms with Crippen LogP contribution in [0.3, 0.4) is 0 Å². The Morgan fingerprint density at radius 1 is 1.38 bits per heavy atom. The number of carbonyl (C=O) groups is 1. The molecule has 0 radical (unpaired) electrons. The molecule has 1 aliphatic rings. The number of rotatable bonds is 2. The molecule has 2 rings (SSSR count). The second-order valence-corrected chi connectivity index (χ2v) is 5.25. The molecular formula is C14H19NO. The van der Waals surface area contributed by atoms with E-state index in [4.69, 9.17) is 0 Å². The van der Waals surface area contributed by atoms with Crippen LogP contribution in [0.15, 0.2) is 18.2 Å². The van der Waals surface area contributed by atoms with Gasteiger partial charge in [-0.15, -0.1) is 0 Å². The highest BCUT2D eigenvalue weighted by molar-refractivity contribution is 5.85. The standard InChI is InChI=1S/C14H19NO/c1-11-5-6-13(12(9-11)10-16)15-8-4-7-14(15,2)3/h5-6,9-10H,4,7-8H2,1-3H3. The summed E-state index contributed by atoms with van der Waals surface area (Å²) in [4.78, 5) is 13.5. The van der Waals surface area contributed by atoms with E-state index in [9.17, 15) is 4.79 Å². The summed E-state index contributed by atoms with van der Waals surface area (Å²) in [5.41, 5.74) is 3.22. The Morgan fingerprint density at radius 3 is 2.69 bits per heavy atom. The van der Waals surface area contributed by atoms with Crippen LogP contribution >= 0.6 is 0 Å². The number of hydrogen-bond acceptors (Lipinski definition) is 2. The minimum Gasteiger partial charge on any atom is -0.366 e. The number of benzene rings is 1. The average molecular weight is 217 g/mol. The smallest absolute Gasteiger partial charge is 0.152 e. The summed E-state index contributed by atoms with van der Waals surface area (Å²) in [6.07, 6.45) is 3.37. The molecular weight excluding hydrogens is 198 g/mol. The minimum absolute atomic E-state index is 0.174. The molecule has 1 saturated heterocycles. The van der Waals surface area contributed by atoms with Gasteiger partial charge in [-0.25, -0.2) is 0 Å². The number of anilines is 1. The fourth-order valence-corrected chi connectivity index (χ4v) is 2.57. The molecule has 1 aromatic carbocycles. The number of carbonyl (C=O) groups excluding carboxylic acids is 1. The van der Waals surface area contributed by atoms with E-state index in [1.54, 1.807) is 0 Å². The Bertz CT molecular complexity index is 409. The Labute approximate surface area is 97.3 Å². The van der Waals surface area contributed by atoms with Gasteiger partial charge in [-0.2, -0.15) is 0 Å². The van der Waals surface area contributed by atoms with Crippen molar-refractivity contribution in [2.24, 2.45) is 0 Å². The van der Waals surface area contributed by atoms with E-state index in [1.165, 1.54) is 12.8 Å². The Balaban J connectivity index is 2.44. The zero-order chi connectivity index (χ0) is 11.8. The van der Waals surface area contributed by atoms with Crippen LogP contribution in [0.25, 0.3) is 0 Å². The van der Waals surface area contributed by atoms with Gasteiger partial charge in [0.15, 0.2) is 6.29 Å². The first-order valence-electron chi connectivity index (χ1n) is 5.88. The van der Waals surface area contributed by atoms with Crippen molar-refractivity contribution in [2.45, 2.75) is 39.2 Å². The van der Waals surface area contributed by atoms with E-state index < -0.39 is 0 Å². The zero-order valence-electron chi connectivity index (χ0n) is 10.3. The predicted molar refractivity (Wildman–Crippen MR) is 67.2 cm³/mol. The van der Waals surface area contributed by atoms with Gasteiger partial charge in [-0.05, 0) is 45.7 Å². The van der Waals surface area contributed by atoms with Gasteiger partial charge in [0.25, 0.3) is 0 Å². The van der Waals surface area contributed by atoms with Crippen molar-refractivity contribution in [2.75, 3.05) is 11.4 Å². The molecule has 0 spiro atoms. The lowest BCUT2D eigenvalue weighted by molar-refractivity contribution is 0.112. The third-order valence-corrected chi connectivity index (χ3v) is 3.50. The van der Waals surface area contributed by atoms with Crippen LogP contribution in [0.1, 0.15) is 42.6 Å². The van der Waals surface area contributed by atoms with Crippen LogP contribution in [0, 0.1) is 6.92 Å². The van der Waals surface area contributed by atoms with Crippen LogP contribution < -0.4 is 4.90 Å². The summed E-state index contributed by atoms with van der Waals surface area (Å²) in [7, 11) is 0. The van der Waals surface area contributed by atoms with Crippen molar-refractivity contribution in [1.29, 1.82) is 0 Å². The molecule has 2 heteroatoms. The monoisotopic (exact) mass is 217 g/mol. The van der Waals surface area contributed by atoms with Crippen molar-refractivity contribution in [3.63, 3.8) is 0 Å². The zero-order valence-corrected chi connectivity index (χ0v) is 10.3. The maximum Gasteiger partial charge on any atom is 0.152 e. The van der Waals surface area contributed by atoms with Gasteiger partial charge in [0.05, 0.1) is 0 Å². The first-order valence-corrected chi connectivity index (χ1v) is 5.88. The van der Waals surface area contributed by atoms with Gasteiger partial charge in [0, 0.05) is 23.3 Å². The lowest BCUT2D eigenvalue weighted by atomic mass is 10.00. The Hall–Kier alpha value is -1.31. The number of aldehydes is 1. The molecule has 0 saturated carbocycles. The van der Waals surface area contributed by atoms with Gasteiger partial charge in [0.1, 0.15) is 0 Å². The second-order valence-electron chi connectivity index (χ2n) is 5.25. The van der Waals surface area contributed by atoms with E-state index in [2.05, 4.69) is 30.9 Å². The highest BCUT2D eigenvalue weighted by Gasteiger charge is 2.32. The maximum atomic E-state index is 11.1. The highest BCUT2D eigenvalue weighted by Crippen LogP contribution is 2.35. The maximum absolute atomic E-state index is 11.1. The Morgan fingerprint density at radius 2 is 2.12 bits per heavy atom. The quantitative estimate of drug-likeness (QED) is 0.709. The van der Waals surface area contributed by atoms with Gasteiger partial charge in [-0.3, -0.25) is 4.79 Å². The highest BCUT2D eigenvalue weighted by atomic mass is 16.1. The summed E-state index contributed by atoms with van der Waals surface area (Å²) >= 11 is 0. The lowest BCUT2D eigenvalue weighted by Crippen LogP contribution is -2.38. The first-order chi connectivity index (χ1) is 7.54. The van der Waals surface area contributed by atoms with Crippen molar-refractivity contribution in [1.82, 2.24) is 0 Å².